The second-order valence-corrected chi connectivity index (χ2v) is 8.29. The van der Waals surface area contributed by atoms with Gasteiger partial charge in [0.05, 0.1) is 11.3 Å². The Bertz CT molecular complexity index is 854. The zero-order valence-corrected chi connectivity index (χ0v) is 15.1. The first-order chi connectivity index (χ1) is 11.9. The third-order valence-electron chi connectivity index (χ3n) is 4.31. The number of carbonyl (C=O) groups excluding carboxylic acids is 1. The van der Waals surface area contributed by atoms with Crippen LogP contribution in [0.2, 0.25) is 0 Å². The average Bonchev–Trinajstić information content (AvgIpc) is 3.12. The van der Waals surface area contributed by atoms with Crippen LogP contribution in [0.1, 0.15) is 24.0 Å². The molecule has 0 atom stereocenters. The van der Waals surface area contributed by atoms with Gasteiger partial charge in [0.1, 0.15) is 0 Å². The van der Waals surface area contributed by atoms with Crippen molar-refractivity contribution in [3.63, 3.8) is 0 Å². The monoisotopic (exact) mass is 358 g/mol. The molecule has 1 amide bonds. The van der Waals surface area contributed by atoms with Crippen molar-refractivity contribution >= 4 is 21.6 Å². The standard InChI is InChI=1S/C19H22N2O3S/c1-15-7-9-16(10-8-15)13-19(22)20-17-5-4-6-18(14-17)25(23,24)21-11-2-3-12-21/h4-10,14H,2-3,11-13H2,1H3,(H,20,22). The molecule has 6 heteroatoms. The molecule has 3 rings (SSSR count). The second kappa shape index (κ2) is 7.37. The molecule has 0 aromatic heterocycles. The van der Waals surface area contributed by atoms with Crippen LogP contribution >= 0.6 is 0 Å². The Kier molecular flexibility index (Phi) is 5.20. The zero-order valence-electron chi connectivity index (χ0n) is 14.2. The van der Waals surface area contributed by atoms with Crippen LogP contribution in [0.4, 0.5) is 5.69 Å². The molecule has 1 aliphatic rings. The largest absolute Gasteiger partial charge is 0.326 e. The van der Waals surface area contributed by atoms with Crippen molar-refractivity contribution in [3.8, 4) is 0 Å². The van der Waals surface area contributed by atoms with Crippen LogP contribution in [0.15, 0.2) is 53.4 Å². The maximum absolute atomic E-state index is 12.6. The molecule has 132 valence electrons. The van der Waals surface area contributed by atoms with Crippen LogP contribution in [0.25, 0.3) is 0 Å². The highest BCUT2D eigenvalue weighted by Crippen LogP contribution is 2.23. The highest BCUT2D eigenvalue weighted by Gasteiger charge is 2.27. The number of amides is 1. The van der Waals surface area contributed by atoms with Crippen LogP contribution in [-0.2, 0) is 21.2 Å². The fourth-order valence-corrected chi connectivity index (χ4v) is 4.47. The summed E-state index contributed by atoms with van der Waals surface area (Å²) in [6, 6.07) is 14.2. The molecule has 0 bridgehead atoms. The number of sulfonamides is 1. The van der Waals surface area contributed by atoms with E-state index in [9.17, 15) is 13.2 Å². The van der Waals surface area contributed by atoms with Gasteiger partial charge in [-0.3, -0.25) is 4.79 Å². The van der Waals surface area contributed by atoms with Crippen LogP contribution < -0.4 is 5.32 Å². The van der Waals surface area contributed by atoms with E-state index < -0.39 is 10.0 Å². The highest BCUT2D eigenvalue weighted by atomic mass is 32.2. The molecule has 5 nitrogen and oxygen atoms in total. The van der Waals surface area contributed by atoms with Gasteiger partial charge < -0.3 is 5.32 Å². The molecule has 1 fully saturated rings. The summed E-state index contributed by atoms with van der Waals surface area (Å²) in [6.45, 7) is 3.12. The maximum atomic E-state index is 12.6. The van der Waals surface area contributed by atoms with E-state index in [-0.39, 0.29) is 17.2 Å². The van der Waals surface area contributed by atoms with E-state index in [2.05, 4.69) is 5.32 Å². The van der Waals surface area contributed by atoms with E-state index >= 15 is 0 Å². The highest BCUT2D eigenvalue weighted by molar-refractivity contribution is 7.89. The summed E-state index contributed by atoms with van der Waals surface area (Å²) in [5, 5.41) is 2.79. The molecule has 0 aliphatic carbocycles. The first kappa shape index (κ1) is 17.6. The number of hydrogen-bond donors (Lipinski definition) is 1. The van der Waals surface area contributed by atoms with Crippen molar-refractivity contribution in [2.75, 3.05) is 18.4 Å². The minimum Gasteiger partial charge on any atom is -0.326 e. The number of hydrogen-bond acceptors (Lipinski definition) is 3. The average molecular weight is 358 g/mol. The minimum atomic E-state index is -3.48. The fraction of sp³-hybridized carbons (Fsp3) is 0.316. The topological polar surface area (TPSA) is 66.5 Å². The summed E-state index contributed by atoms with van der Waals surface area (Å²) < 4.78 is 26.7. The van der Waals surface area contributed by atoms with Gasteiger partial charge in [-0.05, 0) is 43.5 Å². The van der Waals surface area contributed by atoms with Gasteiger partial charge in [0.2, 0.25) is 15.9 Å². The molecule has 1 N–H and O–H groups in total. The van der Waals surface area contributed by atoms with Crippen molar-refractivity contribution in [1.29, 1.82) is 0 Å². The van der Waals surface area contributed by atoms with Crippen LogP contribution in [0.5, 0.6) is 0 Å². The number of carbonyl (C=O) groups is 1. The van der Waals surface area contributed by atoms with Crippen molar-refractivity contribution in [2.45, 2.75) is 31.1 Å². The SMILES string of the molecule is Cc1ccc(CC(=O)Nc2cccc(S(=O)(=O)N3CCCC3)c2)cc1. The van der Waals surface area contributed by atoms with E-state index in [4.69, 9.17) is 0 Å². The van der Waals surface area contributed by atoms with Crippen LogP contribution in [0.3, 0.4) is 0 Å². The predicted molar refractivity (Wildman–Crippen MR) is 97.9 cm³/mol. The van der Waals surface area contributed by atoms with Gasteiger partial charge in [-0.15, -0.1) is 0 Å². The zero-order chi connectivity index (χ0) is 17.9. The normalized spacial score (nSPS) is 15.2. The predicted octanol–water partition coefficient (Wildman–Crippen LogP) is 2.96. The molecular formula is C19H22N2O3S. The van der Waals surface area contributed by atoms with E-state index in [1.54, 1.807) is 18.2 Å². The molecule has 0 radical (unpaired) electrons. The number of aryl methyl sites for hydroxylation is 1. The van der Waals surface area contributed by atoms with Crippen molar-refractivity contribution in [1.82, 2.24) is 4.31 Å². The number of nitrogens with one attached hydrogen (secondary N) is 1. The lowest BCUT2D eigenvalue weighted by Crippen LogP contribution is -2.28. The molecule has 25 heavy (non-hydrogen) atoms. The number of rotatable bonds is 5. The third kappa shape index (κ3) is 4.27. The van der Waals surface area contributed by atoms with Gasteiger partial charge in [-0.1, -0.05) is 35.9 Å². The number of anilines is 1. The third-order valence-corrected chi connectivity index (χ3v) is 6.20. The lowest BCUT2D eigenvalue weighted by atomic mass is 10.1. The van der Waals surface area contributed by atoms with E-state index in [0.717, 1.165) is 24.0 Å². The molecule has 1 heterocycles. The van der Waals surface area contributed by atoms with E-state index in [1.807, 2.05) is 31.2 Å². The smallest absolute Gasteiger partial charge is 0.243 e. The first-order valence-corrected chi connectivity index (χ1v) is 9.85. The van der Waals surface area contributed by atoms with Crippen molar-refractivity contribution in [3.05, 3.63) is 59.7 Å². The summed E-state index contributed by atoms with van der Waals surface area (Å²) in [7, 11) is -3.48. The Balaban J connectivity index is 1.71. The maximum Gasteiger partial charge on any atom is 0.243 e. The van der Waals surface area contributed by atoms with Gasteiger partial charge in [0, 0.05) is 18.8 Å². The fourth-order valence-electron chi connectivity index (χ4n) is 2.91. The molecular weight excluding hydrogens is 336 g/mol. The quantitative estimate of drug-likeness (QED) is 0.894. The van der Waals surface area contributed by atoms with E-state index in [0.29, 0.717) is 18.8 Å². The van der Waals surface area contributed by atoms with Crippen molar-refractivity contribution < 1.29 is 13.2 Å². The minimum absolute atomic E-state index is 0.167. The van der Waals surface area contributed by atoms with Gasteiger partial charge in [0.25, 0.3) is 0 Å². The second-order valence-electron chi connectivity index (χ2n) is 6.35. The van der Waals surface area contributed by atoms with Gasteiger partial charge in [-0.25, -0.2) is 8.42 Å². The Morgan fingerprint density at radius 3 is 2.44 bits per heavy atom. The molecule has 1 saturated heterocycles. The molecule has 0 spiro atoms. The number of nitrogens with zero attached hydrogens (tertiary/aromatic N) is 1. The lowest BCUT2D eigenvalue weighted by Gasteiger charge is -2.16. The Labute approximate surface area is 148 Å². The molecule has 2 aromatic rings. The summed E-state index contributed by atoms with van der Waals surface area (Å²) in [5.74, 6) is -0.167. The van der Waals surface area contributed by atoms with E-state index in [1.165, 1.54) is 10.4 Å². The molecule has 1 aliphatic heterocycles. The van der Waals surface area contributed by atoms with Crippen molar-refractivity contribution in [2.24, 2.45) is 0 Å². The Hall–Kier alpha value is -2.18. The summed E-state index contributed by atoms with van der Waals surface area (Å²) >= 11 is 0. The van der Waals surface area contributed by atoms with Gasteiger partial charge in [0.15, 0.2) is 0 Å². The molecule has 0 unspecified atom stereocenters. The van der Waals surface area contributed by atoms with Gasteiger partial charge in [-0.2, -0.15) is 4.31 Å². The summed E-state index contributed by atoms with van der Waals surface area (Å²) in [4.78, 5) is 12.4. The van der Waals surface area contributed by atoms with Crippen LogP contribution in [0, 0.1) is 6.92 Å². The van der Waals surface area contributed by atoms with Gasteiger partial charge >= 0.3 is 0 Å². The number of benzene rings is 2. The Morgan fingerprint density at radius 1 is 1.08 bits per heavy atom. The molecule has 2 aromatic carbocycles. The summed E-state index contributed by atoms with van der Waals surface area (Å²) in [5.41, 5.74) is 2.56. The molecule has 0 saturated carbocycles. The first-order valence-electron chi connectivity index (χ1n) is 8.41. The van der Waals surface area contributed by atoms with Crippen LogP contribution in [-0.4, -0.2) is 31.7 Å². The summed E-state index contributed by atoms with van der Waals surface area (Å²) in [6.07, 6.45) is 2.04. The Morgan fingerprint density at radius 2 is 1.76 bits per heavy atom. The lowest BCUT2D eigenvalue weighted by molar-refractivity contribution is -0.115.